The molecule has 1 aliphatic heterocycles. The molecule has 1 fully saturated rings. The molecule has 8 nitrogen and oxygen atoms in total. The second kappa shape index (κ2) is 10.8. The zero-order valence-corrected chi connectivity index (χ0v) is 19.9. The molecule has 0 bridgehead atoms. The van der Waals surface area contributed by atoms with Crippen LogP contribution in [-0.4, -0.2) is 57.9 Å². The van der Waals surface area contributed by atoms with Gasteiger partial charge in [0.1, 0.15) is 11.5 Å². The van der Waals surface area contributed by atoms with Crippen LogP contribution in [0.2, 0.25) is 0 Å². The molecule has 3 rings (SSSR count). The van der Waals surface area contributed by atoms with E-state index in [0.29, 0.717) is 24.6 Å². The molecule has 0 amide bonds. The topological polar surface area (TPSA) is 99.2 Å². The van der Waals surface area contributed by atoms with E-state index in [-0.39, 0.29) is 16.0 Å². The van der Waals surface area contributed by atoms with Crippen molar-refractivity contribution in [2.45, 2.75) is 43.6 Å². The van der Waals surface area contributed by atoms with E-state index in [2.05, 4.69) is 0 Å². The molecule has 0 N–H and O–H groups in total. The van der Waals surface area contributed by atoms with Crippen LogP contribution in [0, 0.1) is 0 Å². The number of rotatable bonds is 8. The average Bonchev–Trinajstić information content (AvgIpc) is 3.13. The van der Waals surface area contributed by atoms with Crippen molar-refractivity contribution in [1.29, 1.82) is 0 Å². The van der Waals surface area contributed by atoms with Gasteiger partial charge in [0.25, 0.3) is 0 Å². The van der Waals surface area contributed by atoms with Crippen molar-refractivity contribution < 1.29 is 32.2 Å². The molecule has 178 valence electrons. The van der Waals surface area contributed by atoms with Crippen molar-refractivity contribution in [3.63, 3.8) is 0 Å². The van der Waals surface area contributed by atoms with Crippen LogP contribution in [0.1, 0.15) is 53.3 Å². The number of ketones is 1. The first kappa shape index (κ1) is 24.7. The van der Waals surface area contributed by atoms with Gasteiger partial charge in [-0.1, -0.05) is 12.8 Å². The fourth-order valence-electron chi connectivity index (χ4n) is 3.70. The van der Waals surface area contributed by atoms with Crippen LogP contribution in [0.15, 0.2) is 47.4 Å². The molecule has 1 aliphatic rings. The summed E-state index contributed by atoms with van der Waals surface area (Å²) in [5, 5.41) is 0. The molecule has 0 spiro atoms. The van der Waals surface area contributed by atoms with Gasteiger partial charge in [-0.2, -0.15) is 4.31 Å². The number of nitrogens with zero attached hydrogens (tertiary/aromatic N) is 1. The zero-order chi connectivity index (χ0) is 24.0. The normalized spacial score (nSPS) is 15.8. The Kier molecular flexibility index (Phi) is 8.10. The summed E-state index contributed by atoms with van der Waals surface area (Å²) in [5.74, 6) is -0.307. The third-order valence-corrected chi connectivity index (χ3v) is 7.53. The van der Waals surface area contributed by atoms with Gasteiger partial charge < -0.3 is 14.2 Å². The van der Waals surface area contributed by atoms with Crippen molar-refractivity contribution >= 4 is 21.8 Å². The van der Waals surface area contributed by atoms with Gasteiger partial charge >= 0.3 is 5.97 Å². The van der Waals surface area contributed by atoms with Gasteiger partial charge in [0.2, 0.25) is 15.8 Å². The Morgan fingerprint density at radius 2 is 1.55 bits per heavy atom. The van der Waals surface area contributed by atoms with Gasteiger partial charge in [0, 0.05) is 19.2 Å². The molecule has 2 aromatic carbocycles. The molecule has 0 unspecified atom stereocenters. The van der Waals surface area contributed by atoms with E-state index >= 15 is 0 Å². The zero-order valence-electron chi connectivity index (χ0n) is 19.1. The minimum atomic E-state index is -3.61. The van der Waals surface area contributed by atoms with Gasteiger partial charge in [-0.05, 0) is 56.2 Å². The second-order valence-electron chi connectivity index (χ2n) is 7.82. The summed E-state index contributed by atoms with van der Waals surface area (Å²) in [7, 11) is -0.672. The Hall–Kier alpha value is -2.91. The Labute approximate surface area is 194 Å². The standard InChI is InChI=1S/C24H29NO7S/c1-17(23(26)21-13-10-19(30-2)16-22(21)31-3)32-24(27)18-8-11-20(12-9-18)33(28,29)25-14-6-4-5-7-15-25/h8-13,16-17H,4-7,14-15H2,1-3H3/t17-/m0/s1. The second-order valence-corrected chi connectivity index (χ2v) is 9.76. The van der Waals surface area contributed by atoms with Gasteiger partial charge in [0.15, 0.2) is 6.10 Å². The third-order valence-electron chi connectivity index (χ3n) is 5.62. The first-order valence-corrected chi connectivity index (χ1v) is 12.3. The van der Waals surface area contributed by atoms with Gasteiger partial charge in [-0.25, -0.2) is 13.2 Å². The summed E-state index contributed by atoms with van der Waals surface area (Å²) in [4.78, 5) is 25.5. The highest BCUT2D eigenvalue weighted by Gasteiger charge is 2.27. The largest absolute Gasteiger partial charge is 0.497 e. The maximum atomic E-state index is 12.9. The SMILES string of the molecule is COc1ccc(C(=O)[C@H](C)OC(=O)c2ccc(S(=O)(=O)N3CCCCCC3)cc2)c(OC)c1. The Balaban J connectivity index is 1.70. The van der Waals surface area contributed by atoms with Crippen molar-refractivity contribution in [3.8, 4) is 11.5 Å². The van der Waals surface area contributed by atoms with Crippen molar-refractivity contribution in [3.05, 3.63) is 53.6 Å². The number of esters is 1. The lowest BCUT2D eigenvalue weighted by Gasteiger charge is -2.20. The highest BCUT2D eigenvalue weighted by molar-refractivity contribution is 7.89. The van der Waals surface area contributed by atoms with E-state index in [4.69, 9.17) is 14.2 Å². The summed E-state index contributed by atoms with van der Waals surface area (Å²) in [6.45, 7) is 2.48. The molecule has 9 heteroatoms. The lowest BCUT2D eigenvalue weighted by molar-refractivity contribution is 0.0317. The number of ether oxygens (including phenoxy) is 3. The van der Waals surface area contributed by atoms with Gasteiger partial charge in [-0.15, -0.1) is 0 Å². The number of methoxy groups -OCH3 is 2. The predicted molar refractivity (Wildman–Crippen MR) is 122 cm³/mol. The summed E-state index contributed by atoms with van der Waals surface area (Å²) in [6, 6.07) is 10.3. The minimum absolute atomic E-state index is 0.132. The lowest BCUT2D eigenvalue weighted by Crippen LogP contribution is -2.32. The number of sulfonamides is 1. The molecule has 33 heavy (non-hydrogen) atoms. The van der Waals surface area contributed by atoms with E-state index < -0.39 is 27.9 Å². The van der Waals surface area contributed by atoms with Crippen molar-refractivity contribution in [2.24, 2.45) is 0 Å². The van der Waals surface area contributed by atoms with E-state index in [9.17, 15) is 18.0 Å². The molecular formula is C24H29NO7S. The molecule has 2 aromatic rings. The first-order chi connectivity index (χ1) is 15.8. The lowest BCUT2D eigenvalue weighted by atomic mass is 10.1. The maximum absolute atomic E-state index is 12.9. The van der Waals surface area contributed by atoms with Crippen LogP contribution >= 0.6 is 0 Å². The molecule has 1 heterocycles. The Bertz CT molecular complexity index is 1090. The number of benzene rings is 2. The fourth-order valence-corrected chi connectivity index (χ4v) is 5.21. The summed E-state index contributed by atoms with van der Waals surface area (Å²) < 4.78 is 43.0. The number of carbonyl (C=O) groups excluding carboxylic acids is 2. The van der Waals surface area contributed by atoms with Crippen LogP contribution in [0.3, 0.4) is 0 Å². The number of hydrogen-bond donors (Lipinski definition) is 0. The highest BCUT2D eigenvalue weighted by Crippen LogP contribution is 2.26. The van der Waals surface area contributed by atoms with Crippen molar-refractivity contribution in [1.82, 2.24) is 4.31 Å². The smallest absolute Gasteiger partial charge is 0.338 e. The Morgan fingerprint density at radius 1 is 0.909 bits per heavy atom. The van der Waals surface area contributed by atoms with Gasteiger partial charge in [0.05, 0.1) is 30.2 Å². The van der Waals surface area contributed by atoms with E-state index in [1.165, 1.54) is 49.7 Å². The molecule has 0 aliphatic carbocycles. The van der Waals surface area contributed by atoms with Crippen LogP contribution in [0.5, 0.6) is 11.5 Å². The number of Topliss-reactive ketones (excluding diaryl/α,β-unsaturated/α-hetero) is 1. The first-order valence-electron chi connectivity index (χ1n) is 10.9. The predicted octanol–water partition coefficient (Wildman–Crippen LogP) is 3.70. The third kappa shape index (κ3) is 5.72. The highest BCUT2D eigenvalue weighted by atomic mass is 32.2. The fraction of sp³-hybridized carbons (Fsp3) is 0.417. The molecule has 1 atom stereocenters. The molecule has 0 aromatic heterocycles. The minimum Gasteiger partial charge on any atom is -0.497 e. The molecule has 0 radical (unpaired) electrons. The van der Waals surface area contributed by atoms with E-state index in [1.807, 2.05) is 0 Å². The summed E-state index contributed by atoms with van der Waals surface area (Å²) >= 11 is 0. The van der Waals surface area contributed by atoms with Crippen LogP contribution < -0.4 is 9.47 Å². The van der Waals surface area contributed by atoms with Crippen LogP contribution in [0.4, 0.5) is 0 Å². The van der Waals surface area contributed by atoms with Crippen molar-refractivity contribution in [2.75, 3.05) is 27.3 Å². The van der Waals surface area contributed by atoms with E-state index in [0.717, 1.165) is 25.7 Å². The molecule has 1 saturated heterocycles. The molecule has 0 saturated carbocycles. The van der Waals surface area contributed by atoms with E-state index in [1.54, 1.807) is 18.2 Å². The maximum Gasteiger partial charge on any atom is 0.338 e. The average molecular weight is 476 g/mol. The number of carbonyl (C=O) groups is 2. The number of hydrogen-bond acceptors (Lipinski definition) is 7. The quantitative estimate of drug-likeness (QED) is 0.424. The van der Waals surface area contributed by atoms with Crippen LogP contribution in [0.25, 0.3) is 0 Å². The molecular weight excluding hydrogens is 446 g/mol. The summed E-state index contributed by atoms with van der Waals surface area (Å²) in [6.07, 6.45) is 2.66. The van der Waals surface area contributed by atoms with Crippen LogP contribution in [-0.2, 0) is 14.8 Å². The summed E-state index contributed by atoms with van der Waals surface area (Å²) in [5.41, 5.74) is 0.420. The monoisotopic (exact) mass is 475 g/mol. The van der Waals surface area contributed by atoms with Gasteiger partial charge in [-0.3, -0.25) is 4.79 Å². The Morgan fingerprint density at radius 3 is 2.12 bits per heavy atom.